The summed E-state index contributed by atoms with van der Waals surface area (Å²) in [7, 11) is 0. The molecular formula is C9H8F4O. The minimum absolute atomic E-state index is 0.0147. The molecule has 0 aromatic heterocycles. The lowest BCUT2D eigenvalue weighted by Gasteiger charge is -2.08. The van der Waals surface area contributed by atoms with Crippen LogP contribution in [0.3, 0.4) is 0 Å². The van der Waals surface area contributed by atoms with Crippen molar-refractivity contribution in [1.29, 1.82) is 0 Å². The van der Waals surface area contributed by atoms with Crippen molar-refractivity contribution in [1.82, 2.24) is 0 Å². The van der Waals surface area contributed by atoms with Crippen LogP contribution in [0.4, 0.5) is 17.6 Å². The summed E-state index contributed by atoms with van der Waals surface area (Å²) in [6.45, 7) is -0.305. The number of rotatable bonds is 2. The van der Waals surface area contributed by atoms with E-state index in [1.807, 2.05) is 0 Å². The molecule has 0 aliphatic carbocycles. The average molecular weight is 208 g/mol. The predicted molar refractivity (Wildman–Crippen MR) is 42.2 cm³/mol. The Morgan fingerprint density at radius 1 is 1.14 bits per heavy atom. The molecule has 0 heterocycles. The Hall–Kier alpha value is -1.10. The van der Waals surface area contributed by atoms with E-state index in [1.54, 1.807) is 0 Å². The van der Waals surface area contributed by atoms with E-state index in [-0.39, 0.29) is 18.6 Å². The van der Waals surface area contributed by atoms with Gasteiger partial charge >= 0.3 is 6.18 Å². The van der Waals surface area contributed by atoms with Gasteiger partial charge in [0.1, 0.15) is 5.82 Å². The van der Waals surface area contributed by atoms with E-state index in [2.05, 4.69) is 0 Å². The van der Waals surface area contributed by atoms with Crippen molar-refractivity contribution >= 4 is 0 Å². The molecule has 1 rings (SSSR count). The first kappa shape index (κ1) is 11.0. The standard InChI is InChI=1S/C9H8F4O/c10-8-4-6(1-2-14)3-7(5-8)9(11,12)13/h3-5,14H,1-2H2. The van der Waals surface area contributed by atoms with Crippen LogP contribution in [0.25, 0.3) is 0 Å². The first-order chi connectivity index (χ1) is 6.43. The highest BCUT2D eigenvalue weighted by molar-refractivity contribution is 5.26. The van der Waals surface area contributed by atoms with Crippen LogP contribution < -0.4 is 0 Å². The Morgan fingerprint density at radius 3 is 2.29 bits per heavy atom. The van der Waals surface area contributed by atoms with Crippen LogP contribution in [0, 0.1) is 5.82 Å². The lowest BCUT2D eigenvalue weighted by atomic mass is 10.1. The molecule has 1 aromatic rings. The van der Waals surface area contributed by atoms with Gasteiger partial charge in [0.25, 0.3) is 0 Å². The molecule has 78 valence electrons. The van der Waals surface area contributed by atoms with Gasteiger partial charge in [-0.05, 0) is 30.2 Å². The van der Waals surface area contributed by atoms with E-state index in [4.69, 9.17) is 5.11 Å². The largest absolute Gasteiger partial charge is 0.416 e. The van der Waals surface area contributed by atoms with Gasteiger partial charge in [-0.1, -0.05) is 0 Å². The second kappa shape index (κ2) is 3.96. The fraction of sp³-hybridized carbons (Fsp3) is 0.333. The predicted octanol–water partition coefficient (Wildman–Crippen LogP) is 2.38. The quantitative estimate of drug-likeness (QED) is 0.740. The molecule has 0 atom stereocenters. The Bertz CT molecular complexity index is 319. The van der Waals surface area contributed by atoms with Gasteiger partial charge in [-0.15, -0.1) is 0 Å². The van der Waals surface area contributed by atoms with Crippen LogP contribution in [0.15, 0.2) is 18.2 Å². The number of hydrogen-bond donors (Lipinski definition) is 1. The molecule has 0 saturated carbocycles. The highest BCUT2D eigenvalue weighted by Gasteiger charge is 2.31. The van der Waals surface area contributed by atoms with Gasteiger partial charge < -0.3 is 5.11 Å². The van der Waals surface area contributed by atoms with Crippen molar-refractivity contribution in [2.75, 3.05) is 6.61 Å². The zero-order valence-electron chi connectivity index (χ0n) is 7.11. The molecular weight excluding hydrogens is 200 g/mol. The molecule has 0 amide bonds. The molecule has 0 aliphatic rings. The first-order valence-corrected chi connectivity index (χ1v) is 3.91. The number of alkyl halides is 3. The maximum Gasteiger partial charge on any atom is 0.416 e. The molecule has 0 bridgehead atoms. The number of halogens is 4. The molecule has 0 saturated heterocycles. The third kappa shape index (κ3) is 2.70. The highest BCUT2D eigenvalue weighted by atomic mass is 19.4. The van der Waals surface area contributed by atoms with Gasteiger partial charge in [-0.3, -0.25) is 0 Å². The van der Waals surface area contributed by atoms with E-state index < -0.39 is 17.6 Å². The average Bonchev–Trinajstić information content (AvgIpc) is 2.02. The molecule has 0 spiro atoms. The van der Waals surface area contributed by atoms with Gasteiger partial charge in [0, 0.05) is 6.61 Å². The smallest absolute Gasteiger partial charge is 0.396 e. The summed E-state index contributed by atoms with van der Waals surface area (Å²) >= 11 is 0. The van der Waals surface area contributed by atoms with Crippen LogP contribution in [0.2, 0.25) is 0 Å². The summed E-state index contributed by atoms with van der Waals surface area (Å²) < 4.78 is 49.2. The highest BCUT2D eigenvalue weighted by Crippen LogP contribution is 2.30. The van der Waals surface area contributed by atoms with Gasteiger partial charge in [0.15, 0.2) is 0 Å². The van der Waals surface area contributed by atoms with Gasteiger partial charge in [0.2, 0.25) is 0 Å². The molecule has 0 unspecified atom stereocenters. The molecule has 0 fully saturated rings. The van der Waals surface area contributed by atoms with Gasteiger partial charge in [-0.2, -0.15) is 13.2 Å². The number of aliphatic hydroxyl groups is 1. The minimum atomic E-state index is -4.55. The summed E-state index contributed by atoms with van der Waals surface area (Å²) in [4.78, 5) is 0. The summed E-state index contributed by atoms with van der Waals surface area (Å²) in [5.41, 5.74) is -0.888. The fourth-order valence-electron chi connectivity index (χ4n) is 1.09. The molecule has 1 N–H and O–H groups in total. The van der Waals surface area contributed by atoms with Crippen molar-refractivity contribution in [3.63, 3.8) is 0 Å². The molecule has 1 nitrogen and oxygen atoms in total. The molecule has 14 heavy (non-hydrogen) atoms. The maximum atomic E-state index is 12.7. The van der Waals surface area contributed by atoms with E-state index in [0.29, 0.717) is 6.07 Å². The third-order valence-corrected chi connectivity index (χ3v) is 1.69. The van der Waals surface area contributed by atoms with E-state index in [9.17, 15) is 17.6 Å². The van der Waals surface area contributed by atoms with Crippen LogP contribution in [-0.2, 0) is 12.6 Å². The SMILES string of the molecule is OCCc1cc(F)cc(C(F)(F)F)c1. The van der Waals surface area contributed by atoms with Gasteiger partial charge in [0.05, 0.1) is 5.56 Å². The molecule has 0 radical (unpaired) electrons. The van der Waals surface area contributed by atoms with Crippen LogP contribution in [-0.4, -0.2) is 11.7 Å². The lowest BCUT2D eigenvalue weighted by molar-refractivity contribution is -0.137. The van der Waals surface area contributed by atoms with Gasteiger partial charge in [-0.25, -0.2) is 4.39 Å². The Kier molecular flexibility index (Phi) is 3.10. The number of hydrogen-bond acceptors (Lipinski definition) is 1. The Morgan fingerprint density at radius 2 is 1.79 bits per heavy atom. The monoisotopic (exact) mass is 208 g/mol. The minimum Gasteiger partial charge on any atom is -0.396 e. The molecule has 0 aliphatic heterocycles. The lowest BCUT2D eigenvalue weighted by Crippen LogP contribution is -2.06. The molecule has 5 heteroatoms. The second-order valence-corrected chi connectivity index (χ2v) is 2.82. The van der Waals surface area contributed by atoms with Crippen molar-refractivity contribution in [3.8, 4) is 0 Å². The summed E-state index contributed by atoms with van der Waals surface area (Å²) in [6.07, 6.45) is -4.53. The maximum absolute atomic E-state index is 12.7. The molecule has 1 aromatic carbocycles. The van der Waals surface area contributed by atoms with E-state index >= 15 is 0 Å². The fourth-order valence-corrected chi connectivity index (χ4v) is 1.09. The number of benzene rings is 1. The number of aliphatic hydroxyl groups excluding tert-OH is 1. The first-order valence-electron chi connectivity index (χ1n) is 3.91. The van der Waals surface area contributed by atoms with Crippen LogP contribution in [0.1, 0.15) is 11.1 Å². The summed E-state index contributed by atoms with van der Waals surface area (Å²) in [5.74, 6) is -0.941. The summed E-state index contributed by atoms with van der Waals surface area (Å²) in [5, 5.41) is 8.50. The second-order valence-electron chi connectivity index (χ2n) is 2.82. The van der Waals surface area contributed by atoms with E-state index in [0.717, 1.165) is 12.1 Å². The third-order valence-electron chi connectivity index (χ3n) is 1.69. The topological polar surface area (TPSA) is 20.2 Å². The summed E-state index contributed by atoms with van der Waals surface area (Å²) in [6, 6.07) is 2.24. The van der Waals surface area contributed by atoms with Crippen LogP contribution in [0.5, 0.6) is 0 Å². The van der Waals surface area contributed by atoms with Crippen molar-refractivity contribution in [2.45, 2.75) is 12.6 Å². The Labute approximate surface area is 78.0 Å². The Balaban J connectivity index is 3.07. The van der Waals surface area contributed by atoms with Crippen molar-refractivity contribution in [3.05, 3.63) is 35.1 Å². The normalized spacial score (nSPS) is 11.8. The van der Waals surface area contributed by atoms with Crippen molar-refractivity contribution in [2.24, 2.45) is 0 Å². The van der Waals surface area contributed by atoms with E-state index in [1.165, 1.54) is 0 Å². The zero-order valence-corrected chi connectivity index (χ0v) is 7.11. The van der Waals surface area contributed by atoms with Crippen LogP contribution >= 0.6 is 0 Å². The zero-order chi connectivity index (χ0) is 10.8. The van der Waals surface area contributed by atoms with Crippen molar-refractivity contribution < 1.29 is 22.7 Å².